The Bertz CT molecular complexity index is 2070. The molecule has 2 unspecified atom stereocenters. The van der Waals surface area contributed by atoms with Gasteiger partial charge in [0, 0.05) is 56.4 Å². The number of hydrogen-bond donors (Lipinski definition) is 2. The fraction of sp³-hybridized carbons (Fsp3) is 0.388. The van der Waals surface area contributed by atoms with Crippen LogP contribution in [0.3, 0.4) is 0 Å². The summed E-state index contributed by atoms with van der Waals surface area (Å²) in [5, 5.41) is 6.68. The molecule has 0 spiro atoms. The minimum atomic E-state index is -0.797. The molecule has 6 rings (SSSR count). The highest BCUT2D eigenvalue weighted by Crippen LogP contribution is 2.33. The lowest BCUT2D eigenvalue weighted by Crippen LogP contribution is -2.48. The van der Waals surface area contributed by atoms with E-state index in [1.54, 1.807) is 41.0 Å². The molecule has 2 aliphatic rings. The summed E-state index contributed by atoms with van der Waals surface area (Å²) in [6, 6.07) is 32.7. The van der Waals surface area contributed by atoms with Gasteiger partial charge in [-0.25, -0.2) is 9.59 Å². The number of carbonyl (C=O) groups is 4. The van der Waals surface area contributed by atoms with Crippen LogP contribution in [-0.4, -0.2) is 91.0 Å². The fourth-order valence-electron chi connectivity index (χ4n) is 7.81. The number of allylic oxidation sites excluding steroid dienone is 1. The van der Waals surface area contributed by atoms with Gasteiger partial charge in [0.15, 0.2) is 0 Å². The van der Waals surface area contributed by atoms with Gasteiger partial charge in [0.2, 0.25) is 11.8 Å². The summed E-state index contributed by atoms with van der Waals surface area (Å²) in [5.74, 6) is -0.807. The number of morpholine rings is 1. The van der Waals surface area contributed by atoms with Crippen molar-refractivity contribution in [2.75, 3.05) is 52.5 Å². The third-order valence-electron chi connectivity index (χ3n) is 11.3. The molecule has 4 aromatic rings. The molecular weight excluding hydrogens is 790 g/mol. The van der Waals surface area contributed by atoms with Crippen molar-refractivity contribution in [3.8, 4) is 11.1 Å². The number of urea groups is 1. The van der Waals surface area contributed by atoms with E-state index in [2.05, 4.69) is 34.6 Å². The van der Waals surface area contributed by atoms with E-state index in [4.69, 9.17) is 21.1 Å². The third-order valence-corrected chi connectivity index (χ3v) is 11.6. The average molecular weight is 848 g/mol. The number of rotatable bonds is 20. The van der Waals surface area contributed by atoms with E-state index in [-0.39, 0.29) is 30.9 Å². The number of halogens is 1. The van der Waals surface area contributed by atoms with Gasteiger partial charge in [0.05, 0.1) is 24.8 Å². The monoisotopic (exact) mass is 847 g/mol. The van der Waals surface area contributed by atoms with Gasteiger partial charge in [-0.1, -0.05) is 128 Å². The lowest BCUT2D eigenvalue weighted by atomic mass is 9.94. The molecule has 0 radical (unpaired) electrons. The number of unbranched alkanes of at least 4 members (excludes halogenated alkanes) is 3. The summed E-state index contributed by atoms with van der Waals surface area (Å²) in [4.78, 5) is 61.4. The van der Waals surface area contributed by atoms with Crippen molar-refractivity contribution in [2.45, 2.75) is 71.1 Å². The number of nitrogens with zero attached hydrogens (tertiary/aromatic N) is 3. The maximum absolute atomic E-state index is 14.4. The topological polar surface area (TPSA) is 121 Å². The van der Waals surface area contributed by atoms with Gasteiger partial charge in [-0.15, -0.1) is 0 Å². The van der Waals surface area contributed by atoms with Gasteiger partial charge in [-0.2, -0.15) is 0 Å². The maximum atomic E-state index is 14.4. The first kappa shape index (κ1) is 45.0. The Hall–Kier alpha value is -5.49. The van der Waals surface area contributed by atoms with Gasteiger partial charge in [-0.3, -0.25) is 19.4 Å². The zero-order valence-corrected chi connectivity index (χ0v) is 36.1. The van der Waals surface area contributed by atoms with Crippen LogP contribution in [0.15, 0.2) is 120 Å². The summed E-state index contributed by atoms with van der Waals surface area (Å²) < 4.78 is 11.4. The van der Waals surface area contributed by atoms with Crippen LogP contribution in [0.4, 0.5) is 4.79 Å². The van der Waals surface area contributed by atoms with Crippen LogP contribution < -0.4 is 10.6 Å². The second-order valence-corrected chi connectivity index (χ2v) is 16.0. The lowest BCUT2D eigenvalue weighted by molar-refractivity contribution is -0.141. The van der Waals surface area contributed by atoms with E-state index in [0.29, 0.717) is 80.5 Å². The van der Waals surface area contributed by atoms with Gasteiger partial charge < -0.3 is 25.0 Å². The van der Waals surface area contributed by atoms with E-state index < -0.39 is 18.1 Å². The Morgan fingerprint density at radius 3 is 2.21 bits per heavy atom. The molecule has 0 bridgehead atoms. The standard InChI is InChI=1S/C49H58ClN5O6/c1-3-4-27-51-47(57)46(41-21-19-39(20-22-41)38-16-10-6-11-17-38)55(30-29-53-31-33-60-34-32-53)43(56)18-12-7-13-28-54-36(2)44(48(58)61-35-37-14-8-5-9-15-37)45(52-49(54)59)40-23-25-42(50)26-24-40/h5-6,8-11,14-17,19-26,45-46H,3-4,7,12-13,18,27-35H2,1-2H3,(H,51,57)(H,52,59). The van der Waals surface area contributed by atoms with Crippen LogP contribution in [-0.2, 0) is 30.5 Å². The molecule has 4 aromatic carbocycles. The number of hydrogen-bond acceptors (Lipinski definition) is 7. The molecule has 61 heavy (non-hydrogen) atoms. The molecule has 11 nitrogen and oxygen atoms in total. The second kappa shape index (κ2) is 22.9. The zero-order chi connectivity index (χ0) is 43.0. The Labute approximate surface area is 365 Å². The van der Waals surface area contributed by atoms with Gasteiger partial charge >= 0.3 is 12.0 Å². The Kier molecular flexibility index (Phi) is 16.9. The highest BCUT2D eigenvalue weighted by Gasteiger charge is 2.37. The summed E-state index contributed by atoms with van der Waals surface area (Å²) in [6.07, 6.45) is 3.81. The molecular formula is C49H58ClN5O6. The molecule has 0 aliphatic carbocycles. The number of amides is 4. The maximum Gasteiger partial charge on any atom is 0.338 e. The Morgan fingerprint density at radius 1 is 0.852 bits per heavy atom. The van der Waals surface area contributed by atoms with E-state index in [1.165, 1.54) is 0 Å². The quantitative estimate of drug-likeness (QED) is 0.0677. The number of nitrogens with one attached hydrogen (secondary N) is 2. The number of benzene rings is 4. The van der Waals surface area contributed by atoms with Crippen LogP contribution in [0.25, 0.3) is 11.1 Å². The third kappa shape index (κ3) is 12.5. The number of esters is 1. The van der Waals surface area contributed by atoms with Gasteiger partial charge in [0.1, 0.15) is 12.6 Å². The molecule has 0 saturated carbocycles. The average Bonchev–Trinajstić information content (AvgIpc) is 3.29. The molecule has 2 aliphatic heterocycles. The van der Waals surface area contributed by atoms with Crippen LogP contribution in [0.2, 0.25) is 5.02 Å². The minimum absolute atomic E-state index is 0.0927. The molecule has 2 atom stereocenters. The highest BCUT2D eigenvalue weighted by molar-refractivity contribution is 6.30. The van der Waals surface area contributed by atoms with E-state index in [9.17, 15) is 19.2 Å². The predicted molar refractivity (Wildman–Crippen MR) is 238 cm³/mol. The Morgan fingerprint density at radius 2 is 1.52 bits per heavy atom. The molecule has 12 heteroatoms. The largest absolute Gasteiger partial charge is 0.457 e. The normalized spacial score (nSPS) is 16.1. The predicted octanol–water partition coefficient (Wildman–Crippen LogP) is 8.47. The highest BCUT2D eigenvalue weighted by atomic mass is 35.5. The van der Waals surface area contributed by atoms with Crippen molar-refractivity contribution < 1.29 is 28.7 Å². The van der Waals surface area contributed by atoms with Crippen molar-refractivity contribution in [1.29, 1.82) is 0 Å². The van der Waals surface area contributed by atoms with Crippen molar-refractivity contribution in [2.24, 2.45) is 0 Å². The first-order chi connectivity index (χ1) is 29.7. The summed E-state index contributed by atoms with van der Waals surface area (Å²) in [7, 11) is 0. The Balaban J connectivity index is 1.15. The van der Waals surface area contributed by atoms with Crippen molar-refractivity contribution >= 4 is 35.4 Å². The van der Waals surface area contributed by atoms with Crippen molar-refractivity contribution in [1.82, 2.24) is 25.3 Å². The van der Waals surface area contributed by atoms with E-state index in [0.717, 1.165) is 48.2 Å². The van der Waals surface area contributed by atoms with Crippen LogP contribution in [0, 0.1) is 0 Å². The first-order valence-corrected chi connectivity index (χ1v) is 21.9. The second-order valence-electron chi connectivity index (χ2n) is 15.5. The molecule has 0 aromatic heterocycles. The fourth-order valence-corrected chi connectivity index (χ4v) is 7.93. The lowest BCUT2D eigenvalue weighted by Gasteiger charge is -2.35. The number of ether oxygens (including phenoxy) is 2. The SMILES string of the molecule is CCCCNC(=O)C(c1ccc(-c2ccccc2)cc1)N(CCN1CCOCC1)C(=O)CCCCCN1C(=O)NC(c2ccc(Cl)cc2)C(C(=O)OCc2ccccc2)=C1C. The van der Waals surface area contributed by atoms with Crippen molar-refractivity contribution in [3.05, 3.63) is 142 Å². The molecule has 4 amide bonds. The van der Waals surface area contributed by atoms with E-state index in [1.807, 2.05) is 72.8 Å². The molecule has 322 valence electrons. The van der Waals surface area contributed by atoms with Crippen molar-refractivity contribution in [3.63, 3.8) is 0 Å². The molecule has 1 saturated heterocycles. The minimum Gasteiger partial charge on any atom is -0.457 e. The smallest absolute Gasteiger partial charge is 0.338 e. The number of carbonyl (C=O) groups excluding carboxylic acids is 4. The zero-order valence-electron chi connectivity index (χ0n) is 35.3. The molecule has 2 heterocycles. The molecule has 1 fully saturated rings. The van der Waals surface area contributed by atoms with Gasteiger partial charge in [-0.05, 0) is 66.1 Å². The summed E-state index contributed by atoms with van der Waals surface area (Å²) in [6.45, 7) is 8.64. The van der Waals surface area contributed by atoms with Crippen LogP contribution in [0.5, 0.6) is 0 Å². The van der Waals surface area contributed by atoms with Crippen LogP contribution in [0.1, 0.15) is 81.1 Å². The summed E-state index contributed by atoms with van der Waals surface area (Å²) in [5.41, 5.74) is 5.30. The summed E-state index contributed by atoms with van der Waals surface area (Å²) >= 11 is 6.17. The molecule has 2 N–H and O–H groups in total. The first-order valence-electron chi connectivity index (χ1n) is 21.5. The van der Waals surface area contributed by atoms with E-state index >= 15 is 0 Å². The van der Waals surface area contributed by atoms with Crippen LogP contribution >= 0.6 is 11.6 Å². The van der Waals surface area contributed by atoms with Gasteiger partial charge in [0.25, 0.3) is 0 Å².